The molecule has 2 rings (SSSR count). The summed E-state index contributed by atoms with van der Waals surface area (Å²) in [5, 5.41) is 0.982. The number of hydrogen-bond acceptors (Lipinski definition) is 2. The molecule has 0 saturated carbocycles. The molecule has 0 aliphatic carbocycles. The Bertz CT molecular complexity index is 616. The fourth-order valence-electron chi connectivity index (χ4n) is 2.20. The molecule has 0 aliphatic rings. The van der Waals surface area contributed by atoms with Crippen molar-refractivity contribution in [3.8, 4) is 0 Å². The number of carbonyl (C=O) groups is 1. The first-order valence-corrected chi connectivity index (χ1v) is 7.13. The van der Waals surface area contributed by atoms with E-state index < -0.39 is 0 Å². The van der Waals surface area contributed by atoms with Gasteiger partial charge in [0.15, 0.2) is 5.76 Å². The van der Waals surface area contributed by atoms with Crippen molar-refractivity contribution < 1.29 is 9.21 Å². The topological polar surface area (TPSA) is 33.5 Å². The van der Waals surface area contributed by atoms with Crippen LogP contribution < -0.4 is 0 Å². The van der Waals surface area contributed by atoms with Gasteiger partial charge in [0, 0.05) is 29.0 Å². The minimum Gasteiger partial charge on any atom is -0.451 e. The number of nitrogens with zero attached hydrogens (tertiary/aromatic N) is 1. The Morgan fingerprint density at radius 1 is 1.42 bits per heavy atom. The molecule has 2 aromatic rings. The Labute approximate surface area is 121 Å². The Morgan fingerprint density at radius 2 is 2.11 bits per heavy atom. The van der Waals surface area contributed by atoms with Crippen molar-refractivity contribution in [1.29, 1.82) is 0 Å². The highest BCUT2D eigenvalue weighted by atomic mass is 79.9. The summed E-state index contributed by atoms with van der Waals surface area (Å²) in [5.74, 6) is 0.822. The van der Waals surface area contributed by atoms with Crippen molar-refractivity contribution in [1.82, 2.24) is 4.90 Å². The van der Waals surface area contributed by atoms with Crippen molar-refractivity contribution in [3.05, 3.63) is 34.0 Å². The second kappa shape index (κ2) is 5.37. The molecule has 1 amide bonds. The smallest absolute Gasteiger partial charge is 0.289 e. The van der Waals surface area contributed by atoms with Crippen molar-refractivity contribution in [3.63, 3.8) is 0 Å². The monoisotopic (exact) mass is 323 g/mol. The van der Waals surface area contributed by atoms with E-state index >= 15 is 0 Å². The van der Waals surface area contributed by atoms with Crippen LogP contribution in [0.2, 0.25) is 0 Å². The SMILES string of the molecule is Cc1c(C(=O)N(C)CC(C)C)oc2ccc(Br)cc12. The van der Waals surface area contributed by atoms with Gasteiger partial charge in [0.1, 0.15) is 5.58 Å². The van der Waals surface area contributed by atoms with Gasteiger partial charge in [-0.25, -0.2) is 0 Å². The lowest BCUT2D eigenvalue weighted by atomic mass is 10.1. The molecule has 0 fully saturated rings. The first kappa shape index (κ1) is 14.1. The molecule has 1 aromatic heterocycles. The molecule has 19 heavy (non-hydrogen) atoms. The summed E-state index contributed by atoms with van der Waals surface area (Å²) in [6.45, 7) is 6.83. The summed E-state index contributed by atoms with van der Waals surface area (Å²) in [6.07, 6.45) is 0. The highest BCUT2D eigenvalue weighted by molar-refractivity contribution is 9.10. The maximum Gasteiger partial charge on any atom is 0.289 e. The number of hydrogen-bond donors (Lipinski definition) is 0. The Balaban J connectivity index is 2.40. The molecule has 3 nitrogen and oxygen atoms in total. The van der Waals surface area contributed by atoms with Gasteiger partial charge in [0.25, 0.3) is 5.91 Å². The summed E-state index contributed by atoms with van der Waals surface area (Å²) in [6, 6.07) is 5.77. The zero-order valence-corrected chi connectivity index (χ0v) is 13.2. The number of carbonyl (C=O) groups excluding carboxylic acids is 1. The minimum absolute atomic E-state index is 0.0569. The van der Waals surface area contributed by atoms with Crippen LogP contribution in [-0.2, 0) is 0 Å². The average Bonchev–Trinajstić information content (AvgIpc) is 2.65. The van der Waals surface area contributed by atoms with Gasteiger partial charge < -0.3 is 9.32 Å². The molecule has 0 atom stereocenters. The number of fused-ring (bicyclic) bond motifs is 1. The van der Waals surface area contributed by atoms with Gasteiger partial charge in [0.2, 0.25) is 0 Å². The van der Waals surface area contributed by atoms with Crippen LogP contribution in [0.1, 0.15) is 30.0 Å². The Kier molecular flexibility index (Phi) is 3.99. The second-order valence-electron chi connectivity index (χ2n) is 5.28. The summed E-state index contributed by atoms with van der Waals surface area (Å²) in [5.41, 5.74) is 1.65. The van der Waals surface area contributed by atoms with Crippen molar-refractivity contribution in [2.24, 2.45) is 5.92 Å². The highest BCUT2D eigenvalue weighted by Gasteiger charge is 2.21. The van der Waals surface area contributed by atoms with Gasteiger partial charge >= 0.3 is 0 Å². The van der Waals surface area contributed by atoms with E-state index in [1.165, 1.54) is 0 Å². The predicted octanol–water partition coefficient (Wildman–Crippen LogP) is 4.23. The lowest BCUT2D eigenvalue weighted by molar-refractivity contribution is 0.0749. The van der Waals surface area contributed by atoms with E-state index in [1.807, 2.05) is 32.2 Å². The van der Waals surface area contributed by atoms with Gasteiger partial charge in [-0.3, -0.25) is 4.79 Å². The Hall–Kier alpha value is -1.29. The first-order valence-electron chi connectivity index (χ1n) is 6.34. The molecular formula is C15H18BrNO2. The molecule has 0 radical (unpaired) electrons. The van der Waals surface area contributed by atoms with Gasteiger partial charge in [-0.05, 0) is 31.0 Å². The van der Waals surface area contributed by atoms with E-state index in [0.29, 0.717) is 11.7 Å². The molecular weight excluding hydrogens is 306 g/mol. The Morgan fingerprint density at radius 3 is 2.74 bits per heavy atom. The predicted molar refractivity (Wildman–Crippen MR) is 80.4 cm³/mol. The summed E-state index contributed by atoms with van der Waals surface area (Å²) >= 11 is 3.44. The van der Waals surface area contributed by atoms with Crippen LogP contribution in [0, 0.1) is 12.8 Å². The van der Waals surface area contributed by atoms with Crippen molar-refractivity contribution in [2.45, 2.75) is 20.8 Å². The molecule has 0 unspecified atom stereocenters. The van der Waals surface area contributed by atoms with Gasteiger partial charge in [0.05, 0.1) is 0 Å². The van der Waals surface area contributed by atoms with Crippen LogP contribution in [-0.4, -0.2) is 24.4 Å². The van der Waals surface area contributed by atoms with Crippen LogP contribution >= 0.6 is 15.9 Å². The van der Waals surface area contributed by atoms with E-state index in [4.69, 9.17) is 4.42 Å². The van der Waals surface area contributed by atoms with E-state index in [0.717, 1.165) is 27.6 Å². The average molecular weight is 324 g/mol. The maximum absolute atomic E-state index is 12.4. The second-order valence-corrected chi connectivity index (χ2v) is 6.19. The fraction of sp³-hybridized carbons (Fsp3) is 0.400. The molecule has 0 spiro atoms. The normalized spacial score (nSPS) is 11.3. The zero-order valence-electron chi connectivity index (χ0n) is 11.7. The molecule has 0 saturated heterocycles. The van der Waals surface area contributed by atoms with Crippen LogP contribution in [0.5, 0.6) is 0 Å². The molecule has 4 heteroatoms. The number of benzene rings is 1. The van der Waals surface area contributed by atoms with E-state index in [9.17, 15) is 4.79 Å². The minimum atomic E-state index is -0.0569. The third-order valence-electron chi connectivity index (χ3n) is 3.08. The number of rotatable bonds is 3. The van der Waals surface area contributed by atoms with Crippen molar-refractivity contribution >= 4 is 32.8 Å². The molecule has 0 aliphatic heterocycles. The molecule has 1 aromatic carbocycles. The molecule has 1 heterocycles. The van der Waals surface area contributed by atoms with E-state index in [-0.39, 0.29) is 5.91 Å². The van der Waals surface area contributed by atoms with E-state index in [1.54, 1.807) is 4.90 Å². The standard InChI is InChI=1S/C15H18BrNO2/c1-9(2)8-17(4)15(18)14-10(3)12-7-11(16)5-6-13(12)19-14/h5-7,9H,8H2,1-4H3. The molecule has 0 N–H and O–H groups in total. The highest BCUT2D eigenvalue weighted by Crippen LogP contribution is 2.28. The summed E-state index contributed by atoms with van der Waals surface area (Å²) in [7, 11) is 1.81. The first-order chi connectivity index (χ1) is 8.90. The quantitative estimate of drug-likeness (QED) is 0.846. The van der Waals surface area contributed by atoms with Crippen LogP contribution in [0.25, 0.3) is 11.0 Å². The zero-order chi connectivity index (χ0) is 14.2. The third-order valence-corrected chi connectivity index (χ3v) is 3.57. The lowest BCUT2D eigenvalue weighted by Gasteiger charge is -2.18. The largest absolute Gasteiger partial charge is 0.451 e. The number of halogens is 1. The maximum atomic E-state index is 12.4. The van der Waals surface area contributed by atoms with Crippen molar-refractivity contribution in [2.75, 3.05) is 13.6 Å². The third kappa shape index (κ3) is 2.84. The number of furan rings is 1. The van der Waals surface area contributed by atoms with E-state index in [2.05, 4.69) is 29.8 Å². The summed E-state index contributed by atoms with van der Waals surface area (Å²) in [4.78, 5) is 14.1. The fourth-order valence-corrected chi connectivity index (χ4v) is 2.56. The van der Waals surface area contributed by atoms with Crippen LogP contribution in [0.4, 0.5) is 0 Å². The molecule has 0 bridgehead atoms. The number of aryl methyl sites for hydroxylation is 1. The van der Waals surface area contributed by atoms with Crippen LogP contribution in [0.15, 0.2) is 27.1 Å². The molecule has 102 valence electrons. The lowest BCUT2D eigenvalue weighted by Crippen LogP contribution is -2.30. The van der Waals surface area contributed by atoms with Gasteiger partial charge in [-0.2, -0.15) is 0 Å². The summed E-state index contributed by atoms with van der Waals surface area (Å²) < 4.78 is 6.69. The van der Waals surface area contributed by atoms with Gasteiger partial charge in [-0.15, -0.1) is 0 Å². The number of amides is 1. The van der Waals surface area contributed by atoms with Crippen LogP contribution in [0.3, 0.4) is 0 Å². The van der Waals surface area contributed by atoms with Gasteiger partial charge in [-0.1, -0.05) is 29.8 Å².